The van der Waals surface area contributed by atoms with E-state index in [-0.39, 0.29) is 12.5 Å². The molecule has 0 saturated heterocycles. The average molecular weight is 262 g/mol. The molecule has 1 aromatic carbocycles. The van der Waals surface area contributed by atoms with Gasteiger partial charge >= 0.3 is 0 Å². The van der Waals surface area contributed by atoms with E-state index in [1.807, 2.05) is 12.1 Å². The Hall–Kier alpha value is -1.55. The molecule has 2 rings (SSSR count). The highest BCUT2D eigenvalue weighted by Gasteiger charge is 2.21. The summed E-state index contributed by atoms with van der Waals surface area (Å²) in [7, 11) is 0. The van der Waals surface area contributed by atoms with Gasteiger partial charge < -0.3 is 15.4 Å². The fourth-order valence-corrected chi connectivity index (χ4v) is 2.40. The molecule has 2 N–H and O–H groups in total. The van der Waals surface area contributed by atoms with Crippen LogP contribution in [0.4, 0.5) is 5.69 Å². The third-order valence-corrected chi connectivity index (χ3v) is 3.63. The maximum atomic E-state index is 11.4. The van der Waals surface area contributed by atoms with E-state index in [2.05, 4.69) is 37.5 Å². The van der Waals surface area contributed by atoms with Crippen molar-refractivity contribution in [1.82, 2.24) is 5.32 Å². The zero-order valence-corrected chi connectivity index (χ0v) is 11.8. The average Bonchev–Trinajstić information content (AvgIpc) is 2.43. The molecular weight excluding hydrogens is 240 g/mol. The molecule has 0 fully saturated rings. The Balaban J connectivity index is 2.28. The molecule has 1 amide bonds. The number of benzene rings is 1. The predicted molar refractivity (Wildman–Crippen MR) is 76.4 cm³/mol. The summed E-state index contributed by atoms with van der Waals surface area (Å²) in [5, 5.41) is 6.38. The van der Waals surface area contributed by atoms with Crippen LogP contribution in [0.2, 0.25) is 0 Å². The smallest absolute Gasteiger partial charge is 0.262 e. The van der Waals surface area contributed by atoms with E-state index in [1.165, 1.54) is 5.56 Å². The first-order chi connectivity index (χ1) is 9.15. The van der Waals surface area contributed by atoms with E-state index in [4.69, 9.17) is 4.74 Å². The van der Waals surface area contributed by atoms with Gasteiger partial charge in [0, 0.05) is 6.04 Å². The van der Waals surface area contributed by atoms with Gasteiger partial charge in [-0.3, -0.25) is 4.79 Å². The first kappa shape index (κ1) is 13.9. The van der Waals surface area contributed by atoms with Crippen LogP contribution in [0.25, 0.3) is 0 Å². The molecule has 4 nitrogen and oxygen atoms in total. The summed E-state index contributed by atoms with van der Waals surface area (Å²) in [5.74, 6) is 1.20. The first-order valence-electron chi connectivity index (χ1n) is 6.95. The van der Waals surface area contributed by atoms with Gasteiger partial charge in [-0.2, -0.15) is 0 Å². The van der Waals surface area contributed by atoms with Gasteiger partial charge in [0.05, 0.1) is 5.69 Å². The number of hydrogen-bond acceptors (Lipinski definition) is 3. The standard InChI is InChI=1S/C15H22N2O2/c1-4-10(3)15(16-5-2)11-6-7-13-12(8-11)17-14(18)9-19-13/h6-8,10,15-16H,4-5,9H2,1-3H3,(H,17,18). The van der Waals surface area contributed by atoms with E-state index >= 15 is 0 Å². The second-order valence-electron chi connectivity index (χ2n) is 5.01. The molecule has 0 saturated carbocycles. The monoisotopic (exact) mass is 262 g/mol. The summed E-state index contributed by atoms with van der Waals surface area (Å²) in [6.07, 6.45) is 1.11. The highest BCUT2D eigenvalue weighted by molar-refractivity contribution is 5.95. The largest absolute Gasteiger partial charge is 0.482 e. The van der Waals surface area contributed by atoms with Crippen LogP contribution in [0.1, 0.15) is 38.8 Å². The lowest BCUT2D eigenvalue weighted by Gasteiger charge is -2.26. The predicted octanol–water partition coefficient (Wildman–Crippen LogP) is 2.71. The van der Waals surface area contributed by atoms with E-state index < -0.39 is 0 Å². The van der Waals surface area contributed by atoms with E-state index in [1.54, 1.807) is 0 Å². The minimum atomic E-state index is -0.0896. The Morgan fingerprint density at radius 2 is 2.21 bits per heavy atom. The van der Waals surface area contributed by atoms with Gasteiger partial charge in [0.1, 0.15) is 5.75 Å². The number of nitrogens with one attached hydrogen (secondary N) is 2. The Bertz CT molecular complexity index is 459. The summed E-state index contributed by atoms with van der Waals surface area (Å²) in [6.45, 7) is 7.57. The Morgan fingerprint density at radius 3 is 2.89 bits per heavy atom. The lowest BCUT2D eigenvalue weighted by atomic mass is 9.92. The SMILES string of the molecule is CCNC(c1ccc2c(c1)NC(=O)CO2)C(C)CC. The van der Waals surface area contributed by atoms with Crippen molar-refractivity contribution in [3.63, 3.8) is 0 Å². The normalized spacial score (nSPS) is 17.1. The molecule has 1 heterocycles. The van der Waals surface area contributed by atoms with E-state index in [0.29, 0.717) is 12.0 Å². The number of hydrogen-bond donors (Lipinski definition) is 2. The summed E-state index contributed by atoms with van der Waals surface area (Å²) < 4.78 is 5.38. The van der Waals surface area contributed by atoms with Crippen LogP contribution in [0, 0.1) is 5.92 Å². The van der Waals surface area contributed by atoms with Gasteiger partial charge in [-0.05, 0) is 30.2 Å². The number of carbonyl (C=O) groups excluding carboxylic acids is 1. The fraction of sp³-hybridized carbons (Fsp3) is 0.533. The quantitative estimate of drug-likeness (QED) is 0.858. The number of amides is 1. The molecule has 0 radical (unpaired) electrons. The van der Waals surface area contributed by atoms with Crippen LogP contribution >= 0.6 is 0 Å². The molecule has 1 aliphatic rings. The van der Waals surface area contributed by atoms with Crippen molar-refractivity contribution in [1.29, 1.82) is 0 Å². The number of anilines is 1. The zero-order chi connectivity index (χ0) is 13.8. The van der Waals surface area contributed by atoms with Crippen molar-refractivity contribution >= 4 is 11.6 Å². The first-order valence-corrected chi connectivity index (χ1v) is 6.95. The molecule has 2 unspecified atom stereocenters. The molecule has 19 heavy (non-hydrogen) atoms. The Kier molecular flexibility index (Phi) is 4.43. The molecular formula is C15H22N2O2. The second-order valence-corrected chi connectivity index (χ2v) is 5.01. The summed E-state index contributed by atoms with van der Waals surface area (Å²) in [4.78, 5) is 11.4. The van der Waals surface area contributed by atoms with Crippen molar-refractivity contribution in [3.8, 4) is 5.75 Å². The lowest BCUT2D eigenvalue weighted by Crippen LogP contribution is -2.28. The highest BCUT2D eigenvalue weighted by Crippen LogP contribution is 2.33. The maximum absolute atomic E-state index is 11.4. The highest BCUT2D eigenvalue weighted by atomic mass is 16.5. The summed E-state index contributed by atoms with van der Waals surface area (Å²) in [5.41, 5.74) is 1.97. The minimum Gasteiger partial charge on any atom is -0.482 e. The molecule has 0 bridgehead atoms. The van der Waals surface area contributed by atoms with Crippen molar-refractivity contribution in [2.45, 2.75) is 33.2 Å². The van der Waals surface area contributed by atoms with Gasteiger partial charge in [-0.15, -0.1) is 0 Å². The molecule has 1 aromatic rings. The van der Waals surface area contributed by atoms with Gasteiger partial charge in [0.2, 0.25) is 0 Å². The summed E-state index contributed by atoms with van der Waals surface area (Å²) in [6, 6.07) is 6.34. The van der Waals surface area contributed by atoms with Crippen molar-refractivity contribution < 1.29 is 9.53 Å². The van der Waals surface area contributed by atoms with Gasteiger partial charge in [0.15, 0.2) is 6.61 Å². The van der Waals surface area contributed by atoms with E-state index in [9.17, 15) is 4.79 Å². The maximum Gasteiger partial charge on any atom is 0.262 e. The van der Waals surface area contributed by atoms with Gasteiger partial charge in [-0.1, -0.05) is 33.3 Å². The molecule has 0 aromatic heterocycles. The molecule has 2 atom stereocenters. The van der Waals surface area contributed by atoms with Crippen molar-refractivity contribution in [2.75, 3.05) is 18.5 Å². The van der Waals surface area contributed by atoms with Gasteiger partial charge in [-0.25, -0.2) is 0 Å². The Labute approximate surface area is 114 Å². The van der Waals surface area contributed by atoms with Crippen molar-refractivity contribution in [3.05, 3.63) is 23.8 Å². The Morgan fingerprint density at radius 1 is 1.42 bits per heavy atom. The number of ether oxygens (including phenoxy) is 1. The zero-order valence-electron chi connectivity index (χ0n) is 11.8. The minimum absolute atomic E-state index is 0.0896. The van der Waals surface area contributed by atoms with Crippen LogP contribution in [0.15, 0.2) is 18.2 Å². The van der Waals surface area contributed by atoms with Crippen LogP contribution in [-0.2, 0) is 4.79 Å². The van der Waals surface area contributed by atoms with Gasteiger partial charge in [0.25, 0.3) is 5.91 Å². The molecule has 0 spiro atoms. The number of fused-ring (bicyclic) bond motifs is 1. The number of carbonyl (C=O) groups is 1. The molecule has 1 aliphatic heterocycles. The lowest BCUT2D eigenvalue weighted by molar-refractivity contribution is -0.118. The van der Waals surface area contributed by atoms with E-state index in [0.717, 1.165) is 24.4 Å². The van der Waals surface area contributed by atoms with Crippen LogP contribution < -0.4 is 15.4 Å². The second kappa shape index (κ2) is 6.06. The van der Waals surface area contributed by atoms with Crippen LogP contribution in [0.5, 0.6) is 5.75 Å². The van der Waals surface area contributed by atoms with Crippen LogP contribution in [-0.4, -0.2) is 19.1 Å². The third-order valence-electron chi connectivity index (χ3n) is 3.63. The molecule has 0 aliphatic carbocycles. The topological polar surface area (TPSA) is 50.4 Å². The molecule has 104 valence electrons. The fourth-order valence-electron chi connectivity index (χ4n) is 2.40. The van der Waals surface area contributed by atoms with Crippen molar-refractivity contribution in [2.24, 2.45) is 5.92 Å². The summed E-state index contributed by atoms with van der Waals surface area (Å²) >= 11 is 0. The third kappa shape index (κ3) is 3.07. The van der Waals surface area contributed by atoms with Crippen LogP contribution in [0.3, 0.4) is 0 Å². The molecule has 4 heteroatoms. The number of rotatable bonds is 5.